The van der Waals surface area contributed by atoms with Gasteiger partial charge in [0.25, 0.3) is 0 Å². The topological polar surface area (TPSA) is 90.2 Å². The molecule has 0 fully saturated rings. The highest BCUT2D eigenvalue weighted by molar-refractivity contribution is 5.97. The molecule has 0 saturated heterocycles. The van der Waals surface area contributed by atoms with E-state index in [4.69, 9.17) is 10.4 Å². The zero-order chi connectivity index (χ0) is 25.6. The molecule has 0 radical (unpaired) electrons. The number of rotatable bonds is 8. The lowest BCUT2D eigenvalue weighted by molar-refractivity contribution is -0.415. The Kier molecular flexibility index (Phi) is 6.50. The molecule has 1 aromatic carbocycles. The first-order valence-corrected chi connectivity index (χ1v) is 7.44. The number of carbonyl (C=O) groups excluding carboxylic acids is 1. The summed E-state index contributed by atoms with van der Waals surface area (Å²) in [5.74, 6) is -53.4. The summed E-state index contributed by atoms with van der Waals surface area (Å²) in [4.78, 5) is 21.4. The van der Waals surface area contributed by atoms with Gasteiger partial charge in [-0.25, -0.2) is 4.79 Å². The van der Waals surface area contributed by atoms with Crippen LogP contribution in [0.15, 0.2) is 24.3 Å². The van der Waals surface area contributed by atoms with Crippen molar-refractivity contribution < 1.29 is 67.4 Å². The Morgan fingerprint density at radius 1 is 0.719 bits per heavy atom. The third-order valence-corrected chi connectivity index (χ3v) is 3.80. The van der Waals surface area contributed by atoms with Crippen LogP contribution < -0.4 is 5.32 Å². The molecule has 1 rings (SSSR count). The van der Waals surface area contributed by atoms with Crippen LogP contribution in [0.25, 0.3) is 0 Å². The minimum atomic E-state index is -8.11. The third kappa shape index (κ3) is 3.66. The predicted octanol–water partition coefficient (Wildman–Crippen LogP) is 4.39. The molecule has 1 amide bonds. The van der Waals surface area contributed by atoms with Gasteiger partial charge in [-0.05, 0) is 24.3 Å². The van der Waals surface area contributed by atoms with E-state index < -0.39 is 53.1 Å². The van der Waals surface area contributed by atoms with E-state index >= 15 is 0 Å². The molecule has 0 spiro atoms. The number of nitrogens with zero attached hydrogens (tertiary/aromatic N) is 1. The molecule has 2 N–H and O–H groups in total. The Morgan fingerprint density at radius 3 is 1.44 bits per heavy atom. The van der Waals surface area contributed by atoms with Gasteiger partial charge in [-0.3, -0.25) is 4.79 Å². The van der Waals surface area contributed by atoms with Crippen molar-refractivity contribution >= 4 is 17.6 Å². The average Bonchev–Trinajstić information content (AvgIpc) is 2.67. The number of anilines is 1. The molecule has 0 bridgehead atoms. The number of carbonyl (C=O) groups is 2. The molecule has 0 aromatic heterocycles. The van der Waals surface area contributed by atoms with Crippen molar-refractivity contribution in [1.29, 1.82) is 5.26 Å². The fourth-order valence-corrected chi connectivity index (χ4v) is 1.90. The first-order valence-electron chi connectivity index (χ1n) is 7.44. The largest absolute Gasteiger partial charge is 0.477 e. The van der Waals surface area contributed by atoms with Crippen LogP contribution in [0.4, 0.5) is 58.4 Å². The number of carboxylic acids is 1. The van der Waals surface area contributed by atoms with Crippen LogP contribution in [0.3, 0.4) is 0 Å². The number of halogens is 12. The number of hydrogen-bond acceptors (Lipinski definition) is 3. The average molecular weight is 490 g/mol. The molecule has 0 aliphatic carbocycles. The van der Waals surface area contributed by atoms with Crippen LogP contribution in [0.1, 0.15) is 5.56 Å². The second-order valence-electron chi connectivity index (χ2n) is 5.89. The fraction of sp³-hybridized carbons (Fsp3) is 0.400. The highest BCUT2D eigenvalue weighted by Gasteiger charge is 2.92. The summed E-state index contributed by atoms with van der Waals surface area (Å²) in [5, 5.41) is 17.2. The standard InChI is InChI=1S/C15H6F12N2O3/c16-10(17,8(30)29-7-3-1-6(5-28)2-4-7)12(20,21)14(24,25)15(26,27)13(22,23)11(18,19)9(31)32/h1-4H,(H,29,30)(H,31,32). The van der Waals surface area contributed by atoms with Crippen LogP contribution in [-0.4, -0.2) is 52.5 Å². The van der Waals surface area contributed by atoms with Crippen molar-refractivity contribution in [2.75, 3.05) is 5.32 Å². The van der Waals surface area contributed by atoms with Crippen molar-refractivity contribution in [2.45, 2.75) is 35.5 Å². The molecular weight excluding hydrogens is 484 g/mol. The summed E-state index contributed by atoms with van der Waals surface area (Å²) in [6, 6.07) is 4.28. The Morgan fingerprint density at radius 2 is 1.09 bits per heavy atom. The molecule has 0 aliphatic heterocycles. The number of aliphatic carboxylic acids is 1. The number of hydrogen-bond donors (Lipinski definition) is 2. The van der Waals surface area contributed by atoms with Gasteiger partial charge in [0.15, 0.2) is 0 Å². The lowest BCUT2D eigenvalue weighted by Gasteiger charge is -2.39. The maximum absolute atomic E-state index is 13.7. The van der Waals surface area contributed by atoms with Gasteiger partial charge >= 0.3 is 47.4 Å². The van der Waals surface area contributed by atoms with E-state index in [1.807, 2.05) is 0 Å². The van der Waals surface area contributed by atoms with Crippen molar-refractivity contribution in [3.8, 4) is 6.07 Å². The van der Waals surface area contributed by atoms with Crippen LogP contribution in [0.5, 0.6) is 0 Å². The predicted molar refractivity (Wildman–Crippen MR) is 77.1 cm³/mol. The number of benzene rings is 1. The smallest absolute Gasteiger partial charge is 0.410 e. The van der Waals surface area contributed by atoms with Gasteiger partial charge in [-0.1, -0.05) is 0 Å². The molecule has 1 aromatic rings. The van der Waals surface area contributed by atoms with Crippen molar-refractivity contribution in [3.05, 3.63) is 29.8 Å². The summed E-state index contributed by atoms with van der Waals surface area (Å²) in [7, 11) is 0. The van der Waals surface area contributed by atoms with Gasteiger partial charge in [0.1, 0.15) is 0 Å². The van der Waals surface area contributed by atoms with E-state index in [-0.39, 0.29) is 5.56 Å². The van der Waals surface area contributed by atoms with E-state index in [1.165, 1.54) is 6.07 Å². The van der Waals surface area contributed by atoms with Gasteiger partial charge in [0, 0.05) is 5.69 Å². The third-order valence-electron chi connectivity index (χ3n) is 3.80. The minimum Gasteiger partial charge on any atom is -0.477 e. The number of carboxylic acid groups (broad SMARTS) is 1. The normalized spacial score (nSPS) is 14.0. The minimum absolute atomic E-state index is 0.173. The van der Waals surface area contributed by atoms with Crippen molar-refractivity contribution in [2.24, 2.45) is 0 Å². The molecule has 32 heavy (non-hydrogen) atoms. The number of alkyl halides is 12. The molecule has 17 heteroatoms. The van der Waals surface area contributed by atoms with Gasteiger partial charge in [0.2, 0.25) is 0 Å². The summed E-state index contributed by atoms with van der Waals surface area (Å²) < 4.78 is 161. The summed E-state index contributed by atoms with van der Waals surface area (Å²) >= 11 is 0. The Hall–Kier alpha value is -3.19. The van der Waals surface area contributed by atoms with Crippen molar-refractivity contribution in [1.82, 2.24) is 0 Å². The van der Waals surface area contributed by atoms with Gasteiger partial charge in [-0.2, -0.15) is 57.9 Å². The van der Waals surface area contributed by atoms with E-state index in [2.05, 4.69) is 0 Å². The molecule has 0 heterocycles. The number of amides is 1. The molecule has 0 atom stereocenters. The van der Waals surface area contributed by atoms with Crippen LogP contribution in [0, 0.1) is 11.3 Å². The molecule has 0 saturated carbocycles. The Bertz CT molecular complexity index is 938. The highest BCUT2D eigenvalue weighted by atomic mass is 19.4. The Labute approximate surface area is 168 Å². The second kappa shape index (κ2) is 7.74. The molecule has 0 aliphatic rings. The zero-order valence-corrected chi connectivity index (χ0v) is 14.6. The summed E-state index contributed by atoms with van der Waals surface area (Å²) in [6.07, 6.45) is 0. The summed E-state index contributed by atoms with van der Waals surface area (Å²) in [6.45, 7) is 0. The Balaban J connectivity index is 3.43. The monoisotopic (exact) mass is 490 g/mol. The molecule has 5 nitrogen and oxygen atoms in total. The number of nitrogens with one attached hydrogen (secondary N) is 1. The first-order chi connectivity index (χ1) is 14.1. The first kappa shape index (κ1) is 26.8. The quantitative estimate of drug-likeness (QED) is 0.529. The van der Waals surface area contributed by atoms with Crippen molar-refractivity contribution in [3.63, 3.8) is 0 Å². The molecule has 178 valence electrons. The van der Waals surface area contributed by atoms with Crippen LogP contribution in [-0.2, 0) is 9.59 Å². The SMILES string of the molecule is N#Cc1ccc(NC(=O)C(F)(F)C(F)(F)C(F)(F)C(F)(F)C(F)(F)C(F)(F)C(=O)O)cc1. The van der Waals surface area contributed by atoms with E-state index in [1.54, 1.807) is 0 Å². The van der Waals surface area contributed by atoms with Gasteiger partial charge < -0.3 is 10.4 Å². The fourth-order valence-electron chi connectivity index (χ4n) is 1.90. The maximum atomic E-state index is 13.7. The molecular formula is C15H6F12N2O3. The van der Waals surface area contributed by atoms with Crippen LogP contribution >= 0.6 is 0 Å². The summed E-state index contributed by atoms with van der Waals surface area (Å²) in [5.41, 5.74) is -1.05. The lowest BCUT2D eigenvalue weighted by Crippen LogP contribution is -2.72. The second-order valence-corrected chi connectivity index (χ2v) is 5.89. The van der Waals surface area contributed by atoms with Crippen LogP contribution in [0.2, 0.25) is 0 Å². The van der Waals surface area contributed by atoms with E-state index in [9.17, 15) is 62.3 Å². The maximum Gasteiger partial charge on any atom is 0.410 e. The van der Waals surface area contributed by atoms with E-state index in [0.29, 0.717) is 12.1 Å². The van der Waals surface area contributed by atoms with Gasteiger partial charge in [0.05, 0.1) is 11.6 Å². The molecule has 0 unspecified atom stereocenters. The highest BCUT2D eigenvalue weighted by Crippen LogP contribution is 2.60. The number of nitriles is 1. The van der Waals surface area contributed by atoms with E-state index in [0.717, 1.165) is 17.4 Å². The zero-order valence-electron chi connectivity index (χ0n) is 14.6. The van der Waals surface area contributed by atoms with Gasteiger partial charge in [-0.15, -0.1) is 0 Å². The lowest BCUT2D eigenvalue weighted by atomic mass is 9.91.